The molecule has 0 radical (unpaired) electrons. The van der Waals surface area contributed by atoms with Gasteiger partial charge in [0, 0.05) is 17.4 Å². The minimum atomic E-state index is -0.351. The molecule has 2 unspecified atom stereocenters. The van der Waals surface area contributed by atoms with Gasteiger partial charge in [0.05, 0.1) is 30.6 Å². The molecule has 186 valence electrons. The van der Waals surface area contributed by atoms with E-state index in [0.29, 0.717) is 29.6 Å². The van der Waals surface area contributed by atoms with Crippen molar-refractivity contribution in [2.45, 2.75) is 83.5 Å². The van der Waals surface area contributed by atoms with Crippen LogP contribution >= 0.6 is 23.1 Å². The second kappa shape index (κ2) is 11.2. The number of hydrogen-bond acceptors (Lipinski definition) is 8. The van der Waals surface area contributed by atoms with Gasteiger partial charge in [0.2, 0.25) is 5.91 Å². The number of nitrogens with zero attached hydrogens (tertiary/aromatic N) is 3. The lowest BCUT2D eigenvalue weighted by Crippen LogP contribution is -2.20. The van der Waals surface area contributed by atoms with Gasteiger partial charge < -0.3 is 19.4 Å². The molecule has 3 heterocycles. The lowest BCUT2D eigenvalue weighted by atomic mass is 9.88. The third kappa shape index (κ3) is 5.66. The van der Waals surface area contributed by atoms with Crippen molar-refractivity contribution in [2.24, 2.45) is 5.92 Å². The second-order valence-corrected chi connectivity index (χ2v) is 11.4. The topological polar surface area (TPSA) is 95.3 Å². The minimum Gasteiger partial charge on any atom is -0.462 e. The van der Waals surface area contributed by atoms with Crippen molar-refractivity contribution >= 4 is 40.0 Å². The predicted molar refractivity (Wildman–Crippen MR) is 134 cm³/mol. The Morgan fingerprint density at radius 2 is 2.15 bits per heavy atom. The van der Waals surface area contributed by atoms with Crippen LogP contribution in [0.4, 0.5) is 5.00 Å². The first-order valence-electron chi connectivity index (χ1n) is 12.2. The van der Waals surface area contributed by atoms with Gasteiger partial charge in [-0.05, 0) is 50.5 Å². The Morgan fingerprint density at radius 1 is 1.32 bits per heavy atom. The summed E-state index contributed by atoms with van der Waals surface area (Å²) in [6, 6.07) is 0. The molecule has 0 spiro atoms. The number of thioether (sulfide) groups is 1. The average Bonchev–Trinajstić information content (AvgIpc) is 3.51. The highest BCUT2D eigenvalue weighted by atomic mass is 32.2. The molecule has 10 heteroatoms. The molecular formula is C24H34N4O4S2. The van der Waals surface area contributed by atoms with Crippen molar-refractivity contribution in [3.05, 3.63) is 21.8 Å². The fourth-order valence-corrected chi connectivity index (χ4v) is 6.72. The Hall–Kier alpha value is -1.91. The molecule has 8 nitrogen and oxygen atoms in total. The van der Waals surface area contributed by atoms with Crippen molar-refractivity contribution in [3.63, 3.8) is 0 Å². The largest absolute Gasteiger partial charge is 0.462 e. The number of fused-ring (bicyclic) bond motifs is 1. The van der Waals surface area contributed by atoms with E-state index >= 15 is 0 Å². The minimum absolute atomic E-state index is 0.161. The molecule has 1 fully saturated rings. The summed E-state index contributed by atoms with van der Waals surface area (Å²) in [4.78, 5) is 26.8. The van der Waals surface area contributed by atoms with Gasteiger partial charge in [-0.3, -0.25) is 4.79 Å². The predicted octanol–water partition coefficient (Wildman–Crippen LogP) is 4.67. The Morgan fingerprint density at radius 3 is 2.85 bits per heavy atom. The molecule has 0 bridgehead atoms. The number of nitrogens with one attached hydrogen (secondary N) is 1. The molecular weight excluding hydrogens is 472 g/mol. The SMILES string of the molecule is CCOC(=O)c1c(NC(=O)CSc2nnc(C(C)C)n2CC2CCCO2)sc2c1CCC(C)C2. The molecule has 1 aliphatic heterocycles. The van der Waals surface area contributed by atoms with Gasteiger partial charge in [0.25, 0.3) is 0 Å². The van der Waals surface area contributed by atoms with Crippen molar-refractivity contribution in [1.29, 1.82) is 0 Å². The molecule has 1 saturated heterocycles. The zero-order valence-electron chi connectivity index (χ0n) is 20.4. The fourth-order valence-electron chi connectivity index (χ4n) is 4.55. The number of rotatable bonds is 9. The molecule has 0 aromatic carbocycles. The van der Waals surface area contributed by atoms with Crippen LogP contribution < -0.4 is 5.32 Å². The number of carbonyl (C=O) groups excluding carboxylic acids is 2. The highest BCUT2D eigenvalue weighted by Gasteiger charge is 2.29. The highest BCUT2D eigenvalue weighted by molar-refractivity contribution is 7.99. The zero-order valence-corrected chi connectivity index (χ0v) is 22.0. The van der Waals surface area contributed by atoms with Crippen LogP contribution in [0.3, 0.4) is 0 Å². The molecule has 2 aliphatic rings. The van der Waals surface area contributed by atoms with Gasteiger partial charge in [0.1, 0.15) is 10.8 Å². The van der Waals surface area contributed by atoms with E-state index in [0.717, 1.165) is 55.3 Å². The van der Waals surface area contributed by atoms with E-state index in [-0.39, 0.29) is 29.7 Å². The van der Waals surface area contributed by atoms with Crippen molar-refractivity contribution < 1.29 is 19.1 Å². The third-order valence-corrected chi connectivity index (χ3v) is 8.39. The average molecular weight is 507 g/mol. The number of hydrogen-bond donors (Lipinski definition) is 1. The summed E-state index contributed by atoms with van der Waals surface area (Å²) in [5.41, 5.74) is 1.58. The summed E-state index contributed by atoms with van der Waals surface area (Å²) in [7, 11) is 0. The van der Waals surface area contributed by atoms with Crippen LogP contribution in [0, 0.1) is 5.92 Å². The third-order valence-electron chi connectivity index (χ3n) is 6.25. The van der Waals surface area contributed by atoms with Gasteiger partial charge >= 0.3 is 5.97 Å². The Labute approximate surface area is 209 Å². The molecule has 1 aliphatic carbocycles. The summed E-state index contributed by atoms with van der Waals surface area (Å²) in [5.74, 6) is 1.37. The lowest BCUT2D eigenvalue weighted by molar-refractivity contribution is -0.113. The van der Waals surface area contributed by atoms with Crippen LogP contribution in [0.5, 0.6) is 0 Å². The molecule has 2 atom stereocenters. The van der Waals surface area contributed by atoms with Crippen LogP contribution in [0.2, 0.25) is 0 Å². The normalized spacial score (nSPS) is 19.9. The summed E-state index contributed by atoms with van der Waals surface area (Å²) >= 11 is 2.88. The first-order chi connectivity index (χ1) is 16.4. The second-order valence-electron chi connectivity index (χ2n) is 9.35. The summed E-state index contributed by atoms with van der Waals surface area (Å²) < 4.78 is 13.2. The van der Waals surface area contributed by atoms with E-state index in [1.54, 1.807) is 6.92 Å². The van der Waals surface area contributed by atoms with Gasteiger partial charge in [-0.25, -0.2) is 4.79 Å². The van der Waals surface area contributed by atoms with Gasteiger partial charge in [-0.1, -0.05) is 32.5 Å². The van der Waals surface area contributed by atoms with Crippen molar-refractivity contribution in [3.8, 4) is 0 Å². The molecule has 4 rings (SSSR count). The maximum absolute atomic E-state index is 12.9. The van der Waals surface area contributed by atoms with Crippen LogP contribution in [-0.4, -0.2) is 51.7 Å². The number of esters is 1. The standard InChI is InChI=1S/C24H34N4O4S2/c1-5-31-23(30)20-17-9-8-15(4)11-18(17)34-22(20)25-19(29)13-33-24-27-26-21(14(2)3)28(24)12-16-7-6-10-32-16/h14-16H,5-13H2,1-4H3,(H,25,29). The lowest BCUT2D eigenvalue weighted by Gasteiger charge is -2.18. The van der Waals surface area contributed by atoms with E-state index in [9.17, 15) is 9.59 Å². The first kappa shape index (κ1) is 25.2. The monoisotopic (exact) mass is 506 g/mol. The van der Waals surface area contributed by atoms with E-state index in [2.05, 4.69) is 40.9 Å². The maximum Gasteiger partial charge on any atom is 0.341 e. The van der Waals surface area contributed by atoms with Crippen molar-refractivity contribution in [2.75, 3.05) is 24.3 Å². The van der Waals surface area contributed by atoms with E-state index in [4.69, 9.17) is 9.47 Å². The Balaban J connectivity index is 1.47. The number of anilines is 1. The van der Waals surface area contributed by atoms with E-state index in [1.165, 1.54) is 28.0 Å². The Bertz CT molecular complexity index is 1030. The number of carbonyl (C=O) groups is 2. The van der Waals surface area contributed by atoms with E-state index < -0.39 is 0 Å². The highest BCUT2D eigenvalue weighted by Crippen LogP contribution is 2.40. The Kier molecular flexibility index (Phi) is 8.31. The molecule has 0 saturated carbocycles. The molecule has 2 aromatic rings. The fraction of sp³-hybridized carbons (Fsp3) is 0.667. The van der Waals surface area contributed by atoms with Gasteiger partial charge in [-0.15, -0.1) is 21.5 Å². The number of amides is 1. The van der Waals surface area contributed by atoms with Gasteiger partial charge in [-0.2, -0.15) is 0 Å². The number of ether oxygens (including phenoxy) is 2. The van der Waals surface area contributed by atoms with Crippen molar-refractivity contribution in [1.82, 2.24) is 14.8 Å². The number of thiophene rings is 1. The van der Waals surface area contributed by atoms with Gasteiger partial charge in [0.15, 0.2) is 5.16 Å². The first-order valence-corrected chi connectivity index (χ1v) is 14.0. The van der Waals surface area contributed by atoms with Crippen LogP contribution in [-0.2, 0) is 33.7 Å². The molecule has 1 N–H and O–H groups in total. The molecule has 34 heavy (non-hydrogen) atoms. The maximum atomic E-state index is 12.9. The smallest absolute Gasteiger partial charge is 0.341 e. The molecule has 1 amide bonds. The summed E-state index contributed by atoms with van der Waals surface area (Å²) in [6.07, 6.45) is 5.07. The van der Waals surface area contributed by atoms with Crippen LogP contribution in [0.15, 0.2) is 5.16 Å². The quantitative estimate of drug-likeness (QED) is 0.390. The van der Waals surface area contributed by atoms with E-state index in [1.807, 2.05) is 0 Å². The summed E-state index contributed by atoms with van der Waals surface area (Å²) in [5, 5.41) is 13.0. The molecule has 2 aromatic heterocycles. The van der Waals surface area contributed by atoms with Crippen LogP contribution in [0.1, 0.15) is 79.5 Å². The number of aromatic nitrogens is 3. The zero-order chi connectivity index (χ0) is 24.2. The summed E-state index contributed by atoms with van der Waals surface area (Å²) in [6.45, 7) is 10.0. The van der Waals surface area contributed by atoms with Crippen LogP contribution in [0.25, 0.3) is 0 Å².